The van der Waals surface area contributed by atoms with Crippen molar-refractivity contribution in [3.63, 3.8) is 0 Å². The highest BCUT2D eigenvalue weighted by atomic mass is 79.9. The van der Waals surface area contributed by atoms with Gasteiger partial charge in [-0.1, -0.05) is 54.6 Å². The minimum absolute atomic E-state index is 0.215. The minimum atomic E-state index is -0.318. The Morgan fingerprint density at radius 1 is 0.917 bits per heavy atom. The van der Waals surface area contributed by atoms with Crippen molar-refractivity contribution >= 4 is 71.6 Å². The first-order chi connectivity index (χ1) is 17.4. The number of rotatable bonds is 6. The maximum atomic E-state index is 13.1. The highest BCUT2D eigenvalue weighted by molar-refractivity contribution is 9.11. The van der Waals surface area contributed by atoms with Gasteiger partial charge >= 0.3 is 0 Å². The second kappa shape index (κ2) is 10.6. The van der Waals surface area contributed by atoms with Crippen LogP contribution in [0.4, 0.5) is 9.18 Å². The number of thioether (sulfide) groups is 1. The third-order valence-electron chi connectivity index (χ3n) is 5.70. The van der Waals surface area contributed by atoms with Gasteiger partial charge in [-0.05, 0) is 101 Å². The fraction of sp³-hybridized carbons (Fsp3) is 0.0714. The zero-order valence-corrected chi connectivity index (χ0v) is 22.7. The fourth-order valence-corrected chi connectivity index (χ4v) is 6.21. The zero-order valence-electron chi connectivity index (χ0n) is 18.7. The van der Waals surface area contributed by atoms with Gasteiger partial charge in [0.1, 0.15) is 18.2 Å². The molecule has 0 bridgehead atoms. The lowest BCUT2D eigenvalue weighted by atomic mass is 10.0. The van der Waals surface area contributed by atoms with Gasteiger partial charge in [0.15, 0.2) is 0 Å². The summed E-state index contributed by atoms with van der Waals surface area (Å²) in [5.41, 5.74) is 2.49. The van der Waals surface area contributed by atoms with Gasteiger partial charge in [-0.25, -0.2) is 4.39 Å². The number of carbonyl (C=O) groups is 2. The molecule has 2 amide bonds. The van der Waals surface area contributed by atoms with Crippen molar-refractivity contribution in [1.82, 2.24) is 4.90 Å². The lowest BCUT2D eigenvalue weighted by molar-refractivity contribution is -0.123. The van der Waals surface area contributed by atoms with E-state index in [1.54, 1.807) is 18.2 Å². The van der Waals surface area contributed by atoms with Crippen molar-refractivity contribution in [3.8, 4) is 5.75 Å². The molecule has 0 aromatic heterocycles. The van der Waals surface area contributed by atoms with Crippen LogP contribution in [0.3, 0.4) is 0 Å². The maximum absolute atomic E-state index is 13.1. The molecule has 1 saturated heterocycles. The zero-order chi connectivity index (χ0) is 25.2. The molecular formula is C28H18Br2FNO3S. The third kappa shape index (κ3) is 5.26. The quantitative estimate of drug-likeness (QED) is 0.202. The summed E-state index contributed by atoms with van der Waals surface area (Å²) in [6.07, 6.45) is 1.70. The summed E-state index contributed by atoms with van der Waals surface area (Å²) in [6, 6.07) is 23.5. The number of benzene rings is 4. The second-order valence-corrected chi connectivity index (χ2v) is 10.8. The van der Waals surface area contributed by atoms with Crippen LogP contribution >= 0.6 is 43.6 Å². The Morgan fingerprint density at radius 3 is 2.36 bits per heavy atom. The predicted octanol–water partition coefficient (Wildman–Crippen LogP) is 8.32. The Balaban J connectivity index is 1.34. The van der Waals surface area contributed by atoms with Gasteiger partial charge in [0.2, 0.25) is 0 Å². The molecule has 0 N–H and O–H groups in total. The predicted molar refractivity (Wildman–Crippen MR) is 148 cm³/mol. The van der Waals surface area contributed by atoms with Gasteiger partial charge in [0, 0.05) is 0 Å². The van der Waals surface area contributed by atoms with Crippen LogP contribution in [0.5, 0.6) is 5.75 Å². The summed E-state index contributed by atoms with van der Waals surface area (Å²) >= 11 is 7.98. The van der Waals surface area contributed by atoms with Crippen LogP contribution in [-0.4, -0.2) is 16.0 Å². The van der Waals surface area contributed by atoms with Crippen LogP contribution < -0.4 is 4.74 Å². The van der Waals surface area contributed by atoms with Crippen molar-refractivity contribution in [2.45, 2.75) is 13.2 Å². The molecule has 180 valence electrons. The maximum Gasteiger partial charge on any atom is 0.293 e. The number of nitrogens with zero attached hydrogens (tertiary/aromatic N) is 1. The third-order valence-corrected chi connectivity index (χ3v) is 7.78. The van der Waals surface area contributed by atoms with E-state index in [1.165, 1.54) is 17.0 Å². The molecular weight excluding hydrogens is 609 g/mol. The summed E-state index contributed by atoms with van der Waals surface area (Å²) in [5.74, 6) is -0.0330. The van der Waals surface area contributed by atoms with Crippen molar-refractivity contribution in [2.24, 2.45) is 0 Å². The molecule has 1 fully saturated rings. The van der Waals surface area contributed by atoms with Crippen LogP contribution in [-0.2, 0) is 17.9 Å². The van der Waals surface area contributed by atoms with E-state index in [-0.39, 0.29) is 30.1 Å². The van der Waals surface area contributed by atoms with Crippen molar-refractivity contribution < 1.29 is 18.7 Å². The lowest BCUT2D eigenvalue weighted by Gasteiger charge is -2.14. The van der Waals surface area contributed by atoms with E-state index in [2.05, 4.69) is 31.9 Å². The minimum Gasteiger partial charge on any atom is -0.487 e. The molecule has 1 aliphatic heterocycles. The van der Waals surface area contributed by atoms with Gasteiger partial charge in [0.25, 0.3) is 11.1 Å². The normalized spacial score (nSPS) is 14.8. The molecule has 8 heteroatoms. The van der Waals surface area contributed by atoms with E-state index < -0.39 is 0 Å². The Morgan fingerprint density at radius 2 is 1.61 bits per heavy atom. The first-order valence-electron chi connectivity index (χ1n) is 11.0. The van der Waals surface area contributed by atoms with Crippen LogP contribution in [0.15, 0.2) is 92.7 Å². The molecule has 4 aromatic rings. The van der Waals surface area contributed by atoms with Crippen molar-refractivity contribution in [2.75, 3.05) is 0 Å². The molecule has 0 radical (unpaired) electrons. The number of halogens is 3. The Bertz CT molecular complexity index is 1490. The van der Waals surface area contributed by atoms with E-state index >= 15 is 0 Å². The molecule has 5 rings (SSSR count). The Labute approximate surface area is 228 Å². The van der Waals surface area contributed by atoms with E-state index in [0.29, 0.717) is 19.6 Å². The van der Waals surface area contributed by atoms with Crippen molar-refractivity contribution in [3.05, 3.63) is 115 Å². The van der Waals surface area contributed by atoms with E-state index in [1.807, 2.05) is 54.6 Å². The average Bonchev–Trinajstić information content (AvgIpc) is 3.12. The molecule has 0 spiro atoms. The smallest absolute Gasteiger partial charge is 0.293 e. The Hall–Kier alpha value is -2.94. The first kappa shape index (κ1) is 24.7. The van der Waals surface area contributed by atoms with Crippen LogP contribution in [0.25, 0.3) is 16.8 Å². The summed E-state index contributed by atoms with van der Waals surface area (Å²) in [5, 5.41) is 1.79. The summed E-state index contributed by atoms with van der Waals surface area (Å²) in [7, 11) is 0. The molecule has 4 nitrogen and oxygen atoms in total. The summed E-state index contributed by atoms with van der Waals surface area (Å²) in [6.45, 7) is 0.483. The first-order valence-corrected chi connectivity index (χ1v) is 13.4. The topological polar surface area (TPSA) is 46.6 Å². The van der Waals surface area contributed by atoms with E-state index in [0.717, 1.165) is 39.2 Å². The Kier molecular flexibility index (Phi) is 7.27. The molecule has 1 heterocycles. The van der Waals surface area contributed by atoms with E-state index in [4.69, 9.17) is 4.74 Å². The highest BCUT2D eigenvalue weighted by Gasteiger charge is 2.35. The van der Waals surface area contributed by atoms with Gasteiger partial charge in [-0.15, -0.1) is 0 Å². The molecule has 0 unspecified atom stereocenters. The number of ether oxygens (including phenoxy) is 1. The standard InChI is InChI=1S/C28H18Br2FNO3S/c29-23-12-18(13-24(30)26(23)35-16-17-8-10-21(31)11-9-17)14-25-27(33)32(28(34)36-25)15-20-6-3-5-19-4-1-2-7-22(19)20/h1-14H,15-16H2/b25-14+. The van der Waals surface area contributed by atoms with Crippen LogP contribution in [0.2, 0.25) is 0 Å². The molecule has 1 aliphatic rings. The monoisotopic (exact) mass is 625 g/mol. The van der Waals surface area contributed by atoms with Crippen LogP contribution in [0.1, 0.15) is 16.7 Å². The summed E-state index contributed by atoms with van der Waals surface area (Å²) < 4.78 is 20.4. The van der Waals surface area contributed by atoms with Gasteiger partial charge in [-0.2, -0.15) is 0 Å². The van der Waals surface area contributed by atoms with E-state index in [9.17, 15) is 14.0 Å². The number of hydrogen-bond donors (Lipinski definition) is 0. The number of imide groups is 1. The van der Waals surface area contributed by atoms with Gasteiger partial charge < -0.3 is 4.74 Å². The second-order valence-electron chi connectivity index (χ2n) is 8.13. The molecule has 0 atom stereocenters. The number of amides is 2. The van der Waals surface area contributed by atoms with Gasteiger partial charge in [0.05, 0.1) is 20.4 Å². The molecule has 4 aromatic carbocycles. The fourth-order valence-electron chi connectivity index (χ4n) is 3.93. The van der Waals surface area contributed by atoms with Gasteiger partial charge in [-0.3, -0.25) is 14.5 Å². The number of fused-ring (bicyclic) bond motifs is 1. The number of carbonyl (C=O) groups excluding carboxylic acids is 2. The SMILES string of the molecule is O=C1S/C(=C/c2cc(Br)c(OCc3ccc(F)cc3)c(Br)c2)C(=O)N1Cc1cccc2ccccc12. The molecule has 0 saturated carbocycles. The molecule has 0 aliphatic carbocycles. The molecule has 36 heavy (non-hydrogen) atoms. The van der Waals surface area contributed by atoms with Crippen molar-refractivity contribution in [1.29, 1.82) is 0 Å². The lowest BCUT2D eigenvalue weighted by Crippen LogP contribution is -2.27. The largest absolute Gasteiger partial charge is 0.487 e. The van der Waals surface area contributed by atoms with Crippen LogP contribution in [0, 0.1) is 5.82 Å². The number of hydrogen-bond acceptors (Lipinski definition) is 4. The summed E-state index contributed by atoms with van der Waals surface area (Å²) in [4.78, 5) is 27.5. The highest BCUT2D eigenvalue weighted by Crippen LogP contribution is 2.38. The average molecular weight is 627 g/mol.